The number of hydrogen-bond acceptors (Lipinski definition) is 7. The number of nitrogens with zero attached hydrogens (tertiary/aromatic N) is 4. The van der Waals surface area contributed by atoms with Crippen LogP contribution in [0.4, 0.5) is 0 Å². The molecule has 3 rings (SSSR count). The average Bonchev–Trinajstić information content (AvgIpc) is 3.09. The third-order valence-electron chi connectivity index (χ3n) is 5.25. The summed E-state index contributed by atoms with van der Waals surface area (Å²) in [5.74, 6) is 0.167. The lowest BCUT2D eigenvalue weighted by atomic mass is 10.00. The highest BCUT2D eigenvalue weighted by Crippen LogP contribution is 2.18. The first-order chi connectivity index (χ1) is 14.0. The van der Waals surface area contributed by atoms with Gasteiger partial charge >= 0.3 is 0 Å². The Kier molecular flexibility index (Phi) is 7.13. The summed E-state index contributed by atoms with van der Waals surface area (Å²) < 4.78 is 0. The average molecular weight is 399 g/mol. The smallest absolute Gasteiger partial charge is 0.270 e. The van der Waals surface area contributed by atoms with Crippen LogP contribution in [-0.2, 0) is 17.8 Å². The molecule has 0 saturated heterocycles. The predicted molar refractivity (Wildman–Crippen MR) is 113 cm³/mol. The number of benzene rings is 1. The van der Waals surface area contributed by atoms with Crippen molar-refractivity contribution in [3.63, 3.8) is 0 Å². The van der Waals surface area contributed by atoms with Crippen LogP contribution in [0.2, 0.25) is 0 Å². The minimum atomic E-state index is -0.680. The van der Waals surface area contributed by atoms with Gasteiger partial charge in [-0.25, -0.2) is 0 Å². The number of amidine groups is 1. The SMILES string of the molecule is C=N/C(=C\C1=N[C@@H](CO)CN1C)C(=O)NC[C@H](O)CN1CCc2ccccc2C1. The van der Waals surface area contributed by atoms with E-state index < -0.39 is 12.0 Å². The number of β-amino-alcohol motifs (C(OH)–C–C–N with tert-alkyl or cyclic N) is 1. The van der Waals surface area contributed by atoms with Crippen molar-refractivity contribution in [3.05, 3.63) is 47.2 Å². The van der Waals surface area contributed by atoms with E-state index in [0.717, 1.165) is 19.5 Å². The molecule has 0 fully saturated rings. The highest BCUT2D eigenvalue weighted by molar-refractivity contribution is 6.03. The molecule has 1 aromatic carbocycles. The van der Waals surface area contributed by atoms with Crippen molar-refractivity contribution in [2.45, 2.75) is 25.1 Å². The van der Waals surface area contributed by atoms with E-state index in [2.05, 4.69) is 45.1 Å². The van der Waals surface area contributed by atoms with Gasteiger partial charge in [-0.05, 0) is 24.3 Å². The van der Waals surface area contributed by atoms with Gasteiger partial charge in [-0.15, -0.1) is 0 Å². The fourth-order valence-electron chi connectivity index (χ4n) is 3.66. The number of likely N-dealkylation sites (N-methyl/N-ethyl adjacent to an activating group) is 1. The monoisotopic (exact) mass is 399 g/mol. The fourth-order valence-corrected chi connectivity index (χ4v) is 3.66. The zero-order valence-corrected chi connectivity index (χ0v) is 16.8. The Balaban J connectivity index is 1.50. The molecule has 2 heterocycles. The van der Waals surface area contributed by atoms with Crippen LogP contribution in [-0.4, -0.2) is 90.5 Å². The molecule has 0 aromatic heterocycles. The van der Waals surface area contributed by atoms with Crippen molar-refractivity contribution in [2.24, 2.45) is 9.98 Å². The number of fused-ring (bicyclic) bond motifs is 1. The van der Waals surface area contributed by atoms with Gasteiger partial charge in [0.1, 0.15) is 11.5 Å². The number of amides is 1. The lowest BCUT2D eigenvalue weighted by molar-refractivity contribution is -0.118. The number of nitrogens with one attached hydrogen (secondary N) is 1. The number of carbonyl (C=O) groups excluding carboxylic acids is 1. The largest absolute Gasteiger partial charge is 0.394 e. The van der Waals surface area contributed by atoms with Gasteiger partial charge in [-0.3, -0.25) is 19.7 Å². The number of aliphatic imine (C=N–C) groups is 2. The topological polar surface area (TPSA) is 101 Å². The van der Waals surface area contributed by atoms with Crippen molar-refractivity contribution in [1.82, 2.24) is 15.1 Å². The molecule has 1 amide bonds. The first-order valence-corrected chi connectivity index (χ1v) is 9.83. The molecule has 2 aliphatic heterocycles. The van der Waals surface area contributed by atoms with E-state index in [9.17, 15) is 15.0 Å². The lowest BCUT2D eigenvalue weighted by Gasteiger charge is -2.30. The quantitative estimate of drug-likeness (QED) is 0.416. The van der Waals surface area contributed by atoms with Gasteiger partial charge in [-0.2, -0.15) is 0 Å². The summed E-state index contributed by atoms with van der Waals surface area (Å²) in [7, 11) is 1.84. The standard InChI is InChI=1S/C21H29N5O3/c1-22-19(9-20-24-17(14-27)12-25(20)2)21(29)23-10-18(28)13-26-8-7-15-5-3-4-6-16(15)11-26/h3-6,9,17-18,27-28H,1,7-8,10-14H2,2H3,(H,23,29)/b19-9-/t17-,18+/m1/s1. The van der Waals surface area contributed by atoms with Crippen molar-refractivity contribution in [1.29, 1.82) is 0 Å². The predicted octanol–water partition coefficient (Wildman–Crippen LogP) is -0.189. The summed E-state index contributed by atoms with van der Waals surface area (Å²) >= 11 is 0. The Morgan fingerprint density at radius 3 is 2.90 bits per heavy atom. The van der Waals surface area contributed by atoms with Gasteiger partial charge in [0.05, 0.1) is 18.8 Å². The van der Waals surface area contributed by atoms with Gasteiger partial charge in [0.25, 0.3) is 5.91 Å². The van der Waals surface area contributed by atoms with E-state index in [-0.39, 0.29) is 24.9 Å². The molecule has 0 unspecified atom stereocenters. The van der Waals surface area contributed by atoms with Crippen LogP contribution in [0.5, 0.6) is 0 Å². The van der Waals surface area contributed by atoms with E-state index in [0.29, 0.717) is 18.9 Å². The summed E-state index contributed by atoms with van der Waals surface area (Å²) in [6, 6.07) is 8.15. The molecule has 0 spiro atoms. The third kappa shape index (κ3) is 5.50. The summed E-state index contributed by atoms with van der Waals surface area (Å²) in [6.07, 6.45) is 1.83. The summed E-state index contributed by atoms with van der Waals surface area (Å²) in [4.78, 5) is 24.6. The second kappa shape index (κ2) is 9.78. The molecular formula is C21H29N5O3. The Morgan fingerprint density at radius 2 is 2.21 bits per heavy atom. The second-order valence-corrected chi connectivity index (χ2v) is 7.51. The van der Waals surface area contributed by atoms with Crippen LogP contribution in [0.3, 0.4) is 0 Å². The number of hydrogen-bond donors (Lipinski definition) is 3. The molecule has 2 aliphatic rings. The Hall–Kier alpha value is -2.55. The lowest BCUT2D eigenvalue weighted by Crippen LogP contribution is -2.42. The summed E-state index contributed by atoms with van der Waals surface area (Å²) in [5, 5.41) is 22.3. The fraction of sp³-hybridized carbons (Fsp3) is 0.476. The summed E-state index contributed by atoms with van der Waals surface area (Å²) in [6.45, 7) is 6.32. The molecule has 2 atom stereocenters. The first-order valence-electron chi connectivity index (χ1n) is 9.83. The van der Waals surface area contributed by atoms with Gasteiger partial charge < -0.3 is 20.4 Å². The Labute approximate surface area is 171 Å². The van der Waals surface area contributed by atoms with E-state index in [1.807, 2.05) is 18.0 Å². The highest BCUT2D eigenvalue weighted by atomic mass is 16.3. The van der Waals surface area contributed by atoms with Crippen molar-refractivity contribution in [3.8, 4) is 0 Å². The molecule has 156 valence electrons. The third-order valence-corrected chi connectivity index (χ3v) is 5.25. The maximum Gasteiger partial charge on any atom is 0.270 e. The van der Waals surface area contributed by atoms with Crippen LogP contribution >= 0.6 is 0 Å². The summed E-state index contributed by atoms with van der Waals surface area (Å²) in [5.41, 5.74) is 2.79. The van der Waals surface area contributed by atoms with Crippen LogP contribution in [0.1, 0.15) is 11.1 Å². The number of rotatable bonds is 8. The molecule has 1 aromatic rings. The molecule has 0 aliphatic carbocycles. The normalized spacial score (nSPS) is 20.8. The van der Waals surface area contributed by atoms with Gasteiger partial charge in [0.15, 0.2) is 0 Å². The maximum absolute atomic E-state index is 12.4. The zero-order chi connectivity index (χ0) is 20.8. The van der Waals surface area contributed by atoms with E-state index >= 15 is 0 Å². The van der Waals surface area contributed by atoms with Crippen molar-refractivity contribution < 1.29 is 15.0 Å². The van der Waals surface area contributed by atoms with Gasteiger partial charge in [0, 0.05) is 45.8 Å². The van der Waals surface area contributed by atoms with Crippen LogP contribution in [0.15, 0.2) is 46.0 Å². The molecule has 8 heteroatoms. The second-order valence-electron chi connectivity index (χ2n) is 7.51. The molecule has 0 radical (unpaired) electrons. The molecule has 3 N–H and O–H groups in total. The molecule has 8 nitrogen and oxygen atoms in total. The van der Waals surface area contributed by atoms with E-state index in [1.54, 1.807) is 6.08 Å². The minimum absolute atomic E-state index is 0.0438. The Morgan fingerprint density at radius 1 is 1.45 bits per heavy atom. The van der Waals surface area contributed by atoms with Crippen LogP contribution < -0.4 is 5.32 Å². The number of aliphatic hydroxyl groups excluding tert-OH is 2. The van der Waals surface area contributed by atoms with Crippen LogP contribution in [0, 0.1) is 0 Å². The van der Waals surface area contributed by atoms with Gasteiger partial charge in [-0.1, -0.05) is 24.3 Å². The highest BCUT2D eigenvalue weighted by Gasteiger charge is 2.22. The number of aliphatic hydroxyl groups is 2. The zero-order valence-electron chi connectivity index (χ0n) is 16.8. The molecule has 0 saturated carbocycles. The molecule has 0 bridgehead atoms. The molecule has 29 heavy (non-hydrogen) atoms. The van der Waals surface area contributed by atoms with Crippen molar-refractivity contribution >= 4 is 18.5 Å². The van der Waals surface area contributed by atoms with Gasteiger partial charge in [0.2, 0.25) is 0 Å². The number of carbonyl (C=O) groups is 1. The Bertz CT molecular complexity index is 807. The van der Waals surface area contributed by atoms with E-state index in [4.69, 9.17) is 0 Å². The van der Waals surface area contributed by atoms with Crippen LogP contribution in [0.25, 0.3) is 0 Å². The minimum Gasteiger partial charge on any atom is -0.394 e. The van der Waals surface area contributed by atoms with Crippen molar-refractivity contribution in [2.75, 3.05) is 39.8 Å². The first kappa shape index (κ1) is 21.2. The van der Waals surface area contributed by atoms with E-state index in [1.165, 1.54) is 11.1 Å². The molecular weight excluding hydrogens is 370 g/mol. The maximum atomic E-state index is 12.4.